The summed E-state index contributed by atoms with van der Waals surface area (Å²) in [6.07, 6.45) is 5.57. The summed E-state index contributed by atoms with van der Waals surface area (Å²) in [5, 5.41) is 7.52. The molecule has 7 rings (SSSR count). The van der Waals surface area contributed by atoms with Crippen LogP contribution in [0.1, 0.15) is 77.1 Å². The van der Waals surface area contributed by atoms with E-state index in [-0.39, 0.29) is 41.8 Å². The van der Waals surface area contributed by atoms with Crippen molar-refractivity contribution in [2.45, 2.75) is 77.5 Å². The second-order valence-electron chi connectivity index (χ2n) is 16.3. The predicted molar refractivity (Wildman–Crippen MR) is 228 cm³/mol. The van der Waals surface area contributed by atoms with Gasteiger partial charge in [-0.25, -0.2) is 19.6 Å². The summed E-state index contributed by atoms with van der Waals surface area (Å²) in [5.41, 5.74) is 11.7. The highest BCUT2D eigenvalue weighted by Gasteiger charge is 2.55. The van der Waals surface area contributed by atoms with Gasteiger partial charge in [0, 0.05) is 18.7 Å². The number of H-pyrrole nitrogens is 2. The fourth-order valence-corrected chi connectivity index (χ4v) is 8.33. The van der Waals surface area contributed by atoms with Gasteiger partial charge < -0.3 is 45.6 Å². The number of ether oxygens (including phenoxy) is 2. The minimum Gasteiger partial charge on any atom is -0.453 e. The van der Waals surface area contributed by atoms with Crippen molar-refractivity contribution in [1.29, 1.82) is 0 Å². The van der Waals surface area contributed by atoms with Crippen molar-refractivity contribution >= 4 is 34.8 Å². The topological polar surface area (TPSA) is 201 Å². The number of aromatic nitrogens is 4. The Morgan fingerprint density at radius 1 is 0.850 bits per heavy atom. The average molecular weight is 818 g/mol. The molecule has 60 heavy (non-hydrogen) atoms. The van der Waals surface area contributed by atoms with Crippen molar-refractivity contribution in [2.75, 3.05) is 33.9 Å². The third-order valence-corrected chi connectivity index (χ3v) is 12.0. The van der Waals surface area contributed by atoms with Crippen molar-refractivity contribution in [3.63, 3.8) is 0 Å². The van der Waals surface area contributed by atoms with Crippen LogP contribution in [0.3, 0.4) is 0 Å². The number of hydrogen-bond donors (Lipinski definition) is 5. The average Bonchev–Trinajstić information content (AvgIpc) is 3.60. The molecule has 2 aromatic heterocycles. The SMILES string of the molecule is CCN(C(=O)[C@@H](NC(=O)OC)C(C)C)[C@@H](C)c1ncc(-c2ccc(-c3ccc4cc(-c5cnc([C@@H]6CC7(CC7)CN6C(=O)[C@H](CCN)NC(=O)OC)[nH]5)ccc4c3)cc2)[nH]1. The molecule has 1 aliphatic carbocycles. The maximum absolute atomic E-state index is 13.8. The molecule has 1 spiro atoms. The van der Waals surface area contributed by atoms with Gasteiger partial charge in [0.2, 0.25) is 11.8 Å². The van der Waals surface area contributed by atoms with Crippen LogP contribution in [0.2, 0.25) is 0 Å². The van der Waals surface area contributed by atoms with Gasteiger partial charge in [0.25, 0.3) is 0 Å². The van der Waals surface area contributed by atoms with E-state index in [0.717, 1.165) is 69.5 Å². The number of imidazole rings is 2. The molecular formula is C45H55N9O6. The molecule has 6 N–H and O–H groups in total. The standard InChI is InChI=1S/C45H55N9O6/c1-7-53(42(56)38(26(2)3)52-44(58)60-6)27(4)39-47-23-35(49-39)29-10-8-28(9-11-29)30-12-13-32-21-33(15-14-31(32)20-30)36-24-48-40(50-36)37-22-45(17-18-45)25-54(37)41(55)34(16-19-46)51-43(57)59-5/h8-15,20-21,23-24,26-27,34,37-38H,7,16-19,22,25,46H2,1-6H3,(H,47,49)(H,48,50)(H,51,57)(H,52,58)/t27-,34-,37-,38-/m0/s1. The Labute approximate surface area is 349 Å². The number of benzene rings is 3. The zero-order valence-electron chi connectivity index (χ0n) is 35.1. The van der Waals surface area contributed by atoms with E-state index in [0.29, 0.717) is 25.3 Å². The molecule has 0 unspecified atom stereocenters. The molecule has 0 bridgehead atoms. The zero-order chi connectivity index (χ0) is 42.7. The largest absolute Gasteiger partial charge is 0.453 e. The molecule has 2 fully saturated rings. The first-order chi connectivity index (χ1) is 28.9. The van der Waals surface area contributed by atoms with Crippen LogP contribution in [0.4, 0.5) is 9.59 Å². The summed E-state index contributed by atoms with van der Waals surface area (Å²) < 4.78 is 9.52. The lowest BCUT2D eigenvalue weighted by atomic mass is 9.98. The highest BCUT2D eigenvalue weighted by atomic mass is 16.5. The predicted octanol–water partition coefficient (Wildman–Crippen LogP) is 6.70. The van der Waals surface area contributed by atoms with Crippen LogP contribution in [-0.2, 0) is 19.1 Å². The summed E-state index contributed by atoms with van der Waals surface area (Å²) in [7, 11) is 2.56. The summed E-state index contributed by atoms with van der Waals surface area (Å²) in [6.45, 7) is 8.91. The lowest BCUT2D eigenvalue weighted by Gasteiger charge is -2.32. The van der Waals surface area contributed by atoms with Crippen LogP contribution in [0, 0.1) is 11.3 Å². The number of rotatable bonds is 14. The molecule has 1 saturated carbocycles. The summed E-state index contributed by atoms with van der Waals surface area (Å²) in [6, 6.07) is 18.9. The van der Waals surface area contributed by atoms with Gasteiger partial charge in [0.05, 0.1) is 50.1 Å². The molecule has 4 atom stereocenters. The van der Waals surface area contributed by atoms with Gasteiger partial charge in [-0.15, -0.1) is 0 Å². The number of methoxy groups -OCH3 is 2. The number of carbonyl (C=O) groups excluding carboxylic acids is 4. The summed E-state index contributed by atoms with van der Waals surface area (Å²) in [5.74, 6) is 0.872. The Balaban J connectivity index is 1.04. The molecular weight excluding hydrogens is 763 g/mol. The number of nitrogens with zero attached hydrogens (tertiary/aromatic N) is 4. The van der Waals surface area contributed by atoms with Gasteiger partial charge in [-0.3, -0.25) is 9.59 Å². The number of likely N-dealkylation sites (N-methyl/N-ethyl adjacent to an activating group) is 1. The van der Waals surface area contributed by atoms with Crippen LogP contribution >= 0.6 is 0 Å². The third-order valence-electron chi connectivity index (χ3n) is 12.0. The second-order valence-corrected chi connectivity index (χ2v) is 16.3. The number of nitrogens with one attached hydrogen (secondary N) is 4. The number of likely N-dealkylation sites (tertiary alicyclic amines) is 1. The van der Waals surface area contributed by atoms with E-state index in [4.69, 9.17) is 20.2 Å². The van der Waals surface area contributed by atoms with E-state index in [1.807, 2.05) is 38.8 Å². The number of amides is 4. The maximum Gasteiger partial charge on any atom is 0.407 e. The number of hydrogen-bond acceptors (Lipinski definition) is 9. The highest BCUT2D eigenvalue weighted by Crippen LogP contribution is 2.58. The van der Waals surface area contributed by atoms with Crippen molar-refractivity contribution < 1.29 is 28.7 Å². The van der Waals surface area contributed by atoms with Crippen LogP contribution in [0.5, 0.6) is 0 Å². The first-order valence-electron chi connectivity index (χ1n) is 20.6. The van der Waals surface area contributed by atoms with Crippen LogP contribution in [0.15, 0.2) is 73.1 Å². The van der Waals surface area contributed by atoms with Crippen molar-refractivity contribution in [1.82, 2.24) is 40.4 Å². The molecule has 316 valence electrons. The van der Waals surface area contributed by atoms with Crippen LogP contribution in [0.25, 0.3) is 44.4 Å². The van der Waals surface area contributed by atoms with E-state index in [1.54, 1.807) is 11.1 Å². The highest BCUT2D eigenvalue weighted by molar-refractivity contribution is 5.91. The zero-order valence-corrected chi connectivity index (χ0v) is 35.1. The van der Waals surface area contributed by atoms with Crippen LogP contribution < -0.4 is 16.4 Å². The lowest BCUT2D eigenvalue weighted by Crippen LogP contribution is -2.51. The fourth-order valence-electron chi connectivity index (χ4n) is 8.33. The third kappa shape index (κ3) is 8.71. The molecule has 2 aliphatic rings. The van der Waals surface area contributed by atoms with E-state index < -0.39 is 24.3 Å². The van der Waals surface area contributed by atoms with E-state index in [1.165, 1.54) is 14.2 Å². The van der Waals surface area contributed by atoms with Crippen LogP contribution in [-0.4, -0.2) is 99.7 Å². The van der Waals surface area contributed by atoms with E-state index in [2.05, 4.69) is 86.2 Å². The Morgan fingerprint density at radius 3 is 2.08 bits per heavy atom. The normalized spacial score (nSPS) is 17.0. The molecule has 15 heteroatoms. The Kier molecular flexibility index (Phi) is 12.3. The van der Waals surface area contributed by atoms with E-state index >= 15 is 0 Å². The fraction of sp³-hybridized carbons (Fsp3) is 0.422. The van der Waals surface area contributed by atoms with Gasteiger partial charge in [-0.05, 0) is 97.0 Å². The minimum absolute atomic E-state index is 0.0961. The first kappa shape index (κ1) is 41.9. The van der Waals surface area contributed by atoms with Gasteiger partial charge in [0.15, 0.2) is 0 Å². The second kappa shape index (κ2) is 17.6. The van der Waals surface area contributed by atoms with Gasteiger partial charge in [-0.2, -0.15) is 0 Å². The minimum atomic E-state index is -0.768. The molecule has 3 heterocycles. The maximum atomic E-state index is 13.8. The van der Waals surface area contributed by atoms with Gasteiger partial charge >= 0.3 is 12.2 Å². The van der Waals surface area contributed by atoms with E-state index in [9.17, 15) is 19.2 Å². The molecule has 4 amide bonds. The van der Waals surface area contributed by atoms with Crippen molar-refractivity contribution in [3.8, 4) is 33.6 Å². The molecule has 1 aliphatic heterocycles. The smallest absolute Gasteiger partial charge is 0.407 e. The molecule has 1 saturated heterocycles. The Hall–Kier alpha value is -6.22. The molecule has 15 nitrogen and oxygen atoms in total. The van der Waals surface area contributed by atoms with Crippen molar-refractivity contribution in [2.24, 2.45) is 17.1 Å². The number of alkyl carbamates (subject to hydrolysis) is 2. The Morgan fingerprint density at radius 2 is 1.45 bits per heavy atom. The summed E-state index contributed by atoms with van der Waals surface area (Å²) in [4.78, 5) is 71.2. The Bertz CT molecular complexity index is 2350. The number of aromatic amines is 2. The number of carbonyl (C=O) groups is 4. The first-order valence-corrected chi connectivity index (χ1v) is 20.6. The van der Waals surface area contributed by atoms with Gasteiger partial charge in [-0.1, -0.05) is 62.4 Å². The molecule has 5 aromatic rings. The quantitative estimate of drug-likeness (QED) is 0.0809. The van der Waals surface area contributed by atoms with Crippen molar-refractivity contribution in [3.05, 3.63) is 84.7 Å². The van der Waals surface area contributed by atoms with Gasteiger partial charge in [0.1, 0.15) is 23.7 Å². The lowest BCUT2D eigenvalue weighted by molar-refractivity contribution is -0.136. The summed E-state index contributed by atoms with van der Waals surface area (Å²) >= 11 is 0. The number of nitrogens with two attached hydrogens (primary N) is 1. The number of fused-ring (bicyclic) bond motifs is 1. The molecule has 3 aromatic carbocycles. The monoisotopic (exact) mass is 817 g/mol. The molecule has 0 radical (unpaired) electrons.